The highest BCUT2D eigenvalue weighted by molar-refractivity contribution is 7.22. The van der Waals surface area contributed by atoms with E-state index in [-0.39, 0.29) is 17.6 Å². The fourth-order valence-corrected chi connectivity index (χ4v) is 5.12. The monoisotopic (exact) mass is 491 g/mol. The van der Waals surface area contributed by atoms with E-state index < -0.39 is 5.82 Å². The second kappa shape index (κ2) is 9.85. The van der Waals surface area contributed by atoms with Crippen LogP contribution in [0.3, 0.4) is 0 Å². The Hall–Kier alpha value is -3.76. The Labute approximate surface area is 204 Å². The van der Waals surface area contributed by atoms with Crippen LogP contribution in [0, 0.1) is 11.6 Å². The molecule has 7 nitrogen and oxygen atoms in total. The van der Waals surface area contributed by atoms with Gasteiger partial charge in [-0.25, -0.2) is 18.7 Å². The molecule has 178 valence electrons. The third-order valence-electron chi connectivity index (χ3n) is 5.82. The number of anilines is 1. The van der Waals surface area contributed by atoms with Crippen LogP contribution in [-0.4, -0.2) is 38.6 Å². The van der Waals surface area contributed by atoms with Crippen LogP contribution >= 0.6 is 11.3 Å². The molecule has 0 radical (unpaired) electrons. The molecule has 3 aromatic heterocycles. The van der Waals surface area contributed by atoms with Gasteiger partial charge in [0.15, 0.2) is 5.82 Å². The lowest BCUT2D eigenvalue weighted by Gasteiger charge is -2.17. The summed E-state index contributed by atoms with van der Waals surface area (Å²) in [6.07, 6.45) is 4.54. The van der Waals surface area contributed by atoms with E-state index in [0.29, 0.717) is 23.9 Å². The molecule has 5 rings (SSSR count). The van der Waals surface area contributed by atoms with E-state index in [1.165, 1.54) is 23.6 Å². The molecule has 2 N–H and O–H groups in total. The van der Waals surface area contributed by atoms with Crippen molar-refractivity contribution in [3.8, 4) is 21.7 Å². The summed E-state index contributed by atoms with van der Waals surface area (Å²) in [5, 5.41) is 14.9. The van der Waals surface area contributed by atoms with E-state index in [4.69, 9.17) is 0 Å². The fourth-order valence-electron chi connectivity index (χ4n) is 3.95. The van der Waals surface area contributed by atoms with E-state index in [2.05, 4.69) is 30.9 Å². The van der Waals surface area contributed by atoms with Gasteiger partial charge < -0.3 is 10.6 Å². The molecule has 2 aromatic carbocycles. The maximum atomic E-state index is 14.8. The number of nitrogens with one attached hydrogen (secondary N) is 2. The fraction of sp³-hybridized carbons (Fsp3) is 0.200. The van der Waals surface area contributed by atoms with Crippen molar-refractivity contribution in [3.63, 3.8) is 0 Å². The number of hydrogen-bond acceptors (Lipinski definition) is 7. The largest absolute Gasteiger partial charge is 0.352 e. The normalized spacial score (nSPS) is 12.2. The molecule has 0 unspecified atom stereocenters. The zero-order valence-electron chi connectivity index (χ0n) is 19.2. The second-order valence-electron chi connectivity index (χ2n) is 8.06. The van der Waals surface area contributed by atoms with Crippen molar-refractivity contribution in [2.75, 3.05) is 18.9 Å². The van der Waals surface area contributed by atoms with Crippen LogP contribution in [0.5, 0.6) is 0 Å². The minimum atomic E-state index is -0.504. The van der Waals surface area contributed by atoms with Crippen LogP contribution in [0.1, 0.15) is 18.5 Å². The summed E-state index contributed by atoms with van der Waals surface area (Å²) in [5.74, 6) is -0.478. The molecule has 35 heavy (non-hydrogen) atoms. The van der Waals surface area contributed by atoms with E-state index in [1.54, 1.807) is 29.2 Å². The summed E-state index contributed by atoms with van der Waals surface area (Å²) >= 11 is 1.43. The molecule has 5 aromatic rings. The lowest BCUT2D eigenvalue weighted by atomic mass is 9.94. The van der Waals surface area contributed by atoms with Gasteiger partial charge in [0, 0.05) is 23.5 Å². The first-order valence-corrected chi connectivity index (χ1v) is 12.0. The molecular formula is C25H23F2N7S. The summed E-state index contributed by atoms with van der Waals surface area (Å²) in [6.45, 7) is 3.12. The van der Waals surface area contributed by atoms with Crippen molar-refractivity contribution in [1.82, 2.24) is 30.3 Å². The summed E-state index contributed by atoms with van der Waals surface area (Å²) in [5.41, 5.74) is 2.92. The summed E-state index contributed by atoms with van der Waals surface area (Å²) in [6, 6.07) is 12.6. The first-order valence-electron chi connectivity index (χ1n) is 11.1. The van der Waals surface area contributed by atoms with Crippen LogP contribution in [0.4, 0.5) is 14.7 Å². The van der Waals surface area contributed by atoms with E-state index in [0.717, 1.165) is 26.8 Å². The number of fused-ring (bicyclic) bond motifs is 1. The van der Waals surface area contributed by atoms with Gasteiger partial charge in [0.25, 0.3) is 0 Å². The number of aromatic nitrogens is 5. The zero-order valence-corrected chi connectivity index (χ0v) is 20.0. The van der Waals surface area contributed by atoms with Crippen LogP contribution in [0.2, 0.25) is 0 Å². The predicted molar refractivity (Wildman–Crippen MR) is 134 cm³/mol. The molecule has 0 saturated heterocycles. The number of rotatable bonds is 8. The van der Waals surface area contributed by atoms with Crippen LogP contribution in [0.15, 0.2) is 61.1 Å². The van der Waals surface area contributed by atoms with Gasteiger partial charge in [0.05, 0.1) is 23.8 Å². The molecule has 0 bridgehead atoms. The Kier molecular flexibility index (Phi) is 6.47. The van der Waals surface area contributed by atoms with Crippen molar-refractivity contribution in [2.45, 2.75) is 19.5 Å². The Bertz CT molecular complexity index is 1470. The van der Waals surface area contributed by atoms with Crippen LogP contribution in [-0.2, 0) is 6.54 Å². The van der Waals surface area contributed by atoms with Crippen LogP contribution in [0.25, 0.3) is 31.8 Å². The summed E-state index contributed by atoms with van der Waals surface area (Å²) in [4.78, 5) is 9.17. The number of hydrogen-bond donors (Lipinski definition) is 2. The SMILES string of the molecule is CN[C@H](C)c1ccc(F)cc1-c1cccc2cc(-c3nc(NCCn4ccnn4)ncc3F)sc12. The van der Waals surface area contributed by atoms with Crippen molar-refractivity contribution in [3.05, 3.63) is 78.3 Å². The first-order chi connectivity index (χ1) is 17.0. The minimum Gasteiger partial charge on any atom is -0.352 e. The lowest BCUT2D eigenvalue weighted by Crippen LogP contribution is -2.13. The van der Waals surface area contributed by atoms with Gasteiger partial charge in [-0.05, 0) is 54.2 Å². The Balaban J connectivity index is 1.51. The summed E-state index contributed by atoms with van der Waals surface area (Å²) < 4.78 is 31.7. The molecule has 0 spiro atoms. The van der Waals surface area contributed by atoms with Gasteiger partial charge in [-0.2, -0.15) is 0 Å². The van der Waals surface area contributed by atoms with Crippen molar-refractivity contribution >= 4 is 27.4 Å². The molecule has 0 amide bonds. The topological polar surface area (TPSA) is 80.5 Å². The van der Waals surface area contributed by atoms with Gasteiger partial charge in [0.2, 0.25) is 5.95 Å². The molecule has 0 aliphatic carbocycles. The standard InChI is InChI=1S/C25H23F2N7S/c1-15(28-2)18-7-6-17(26)13-20(18)19-5-3-4-16-12-22(35-24(16)19)23-21(27)14-30-25(32-23)29-8-10-34-11-9-31-33-34/h3-7,9,11-15,28H,8,10H2,1-2H3,(H,29,30,32)/t15-/m1/s1. The minimum absolute atomic E-state index is 0.0331. The molecule has 10 heteroatoms. The second-order valence-corrected chi connectivity index (χ2v) is 9.11. The summed E-state index contributed by atoms with van der Waals surface area (Å²) in [7, 11) is 1.87. The average molecular weight is 492 g/mol. The molecule has 0 saturated carbocycles. The smallest absolute Gasteiger partial charge is 0.223 e. The number of halogens is 2. The highest BCUT2D eigenvalue weighted by Gasteiger charge is 2.18. The molecular weight excluding hydrogens is 468 g/mol. The molecule has 1 atom stereocenters. The van der Waals surface area contributed by atoms with E-state index in [1.807, 2.05) is 38.2 Å². The van der Waals surface area contributed by atoms with Gasteiger partial charge in [-0.15, -0.1) is 16.4 Å². The molecule has 0 aliphatic heterocycles. The van der Waals surface area contributed by atoms with Crippen molar-refractivity contribution in [2.24, 2.45) is 0 Å². The number of benzene rings is 2. The highest BCUT2D eigenvalue weighted by Crippen LogP contribution is 2.41. The quantitative estimate of drug-likeness (QED) is 0.307. The first kappa shape index (κ1) is 23.0. The maximum absolute atomic E-state index is 14.8. The van der Waals surface area contributed by atoms with E-state index >= 15 is 0 Å². The number of thiophene rings is 1. The van der Waals surface area contributed by atoms with Gasteiger partial charge in [0.1, 0.15) is 11.5 Å². The van der Waals surface area contributed by atoms with Crippen molar-refractivity contribution < 1.29 is 8.78 Å². The third kappa shape index (κ3) is 4.75. The zero-order chi connectivity index (χ0) is 24.4. The average Bonchev–Trinajstić information content (AvgIpc) is 3.54. The molecule has 3 heterocycles. The van der Waals surface area contributed by atoms with Gasteiger partial charge in [-0.3, -0.25) is 4.68 Å². The Morgan fingerprint density at radius 1 is 1.11 bits per heavy atom. The maximum Gasteiger partial charge on any atom is 0.223 e. The Morgan fingerprint density at radius 3 is 2.80 bits per heavy atom. The number of nitrogens with zero attached hydrogens (tertiary/aromatic N) is 5. The van der Waals surface area contributed by atoms with E-state index in [9.17, 15) is 8.78 Å². The Morgan fingerprint density at radius 2 is 2.00 bits per heavy atom. The van der Waals surface area contributed by atoms with Gasteiger partial charge >= 0.3 is 0 Å². The molecule has 0 aliphatic rings. The predicted octanol–water partition coefficient (Wildman–Crippen LogP) is 5.29. The molecule has 0 fully saturated rings. The van der Waals surface area contributed by atoms with Gasteiger partial charge in [-0.1, -0.05) is 29.5 Å². The lowest BCUT2D eigenvalue weighted by molar-refractivity contribution is 0.604. The highest BCUT2D eigenvalue weighted by atomic mass is 32.1. The van der Waals surface area contributed by atoms with Crippen LogP contribution < -0.4 is 10.6 Å². The third-order valence-corrected chi connectivity index (χ3v) is 7.01. The van der Waals surface area contributed by atoms with Crippen molar-refractivity contribution in [1.29, 1.82) is 0 Å².